The summed E-state index contributed by atoms with van der Waals surface area (Å²) in [5, 5.41) is 3.26. The molecule has 2 aromatic carbocycles. The van der Waals surface area contributed by atoms with Crippen LogP contribution in [0.25, 0.3) is 11.0 Å². The number of carbonyl (C=O) groups excluding carboxylic acids is 1. The summed E-state index contributed by atoms with van der Waals surface area (Å²) >= 11 is 0. The van der Waals surface area contributed by atoms with Gasteiger partial charge in [-0.25, -0.2) is 4.98 Å². The molecule has 1 aliphatic rings. The van der Waals surface area contributed by atoms with Crippen LogP contribution in [0.5, 0.6) is 0 Å². The maximum Gasteiger partial charge on any atom is 0.243 e. The van der Waals surface area contributed by atoms with E-state index in [2.05, 4.69) is 22.4 Å². The van der Waals surface area contributed by atoms with Crippen LogP contribution < -0.4 is 5.32 Å². The van der Waals surface area contributed by atoms with Gasteiger partial charge >= 0.3 is 0 Å². The zero-order valence-corrected chi connectivity index (χ0v) is 13.7. The Hall–Kier alpha value is -2.62. The van der Waals surface area contributed by atoms with E-state index < -0.39 is 0 Å². The van der Waals surface area contributed by atoms with Crippen LogP contribution in [0, 0.1) is 5.92 Å². The number of amides is 1. The predicted octanol–water partition coefficient (Wildman–Crippen LogP) is 3.86. The lowest BCUT2D eigenvalue weighted by atomic mass is 10.0. The lowest BCUT2D eigenvalue weighted by Gasteiger charge is -2.22. The molecule has 1 amide bonds. The summed E-state index contributed by atoms with van der Waals surface area (Å²) in [6.45, 7) is 1.93. The smallest absolute Gasteiger partial charge is 0.243 e. The van der Waals surface area contributed by atoms with Crippen molar-refractivity contribution < 1.29 is 4.79 Å². The molecule has 0 saturated heterocycles. The number of rotatable bonds is 5. The van der Waals surface area contributed by atoms with Crippen molar-refractivity contribution in [2.75, 3.05) is 0 Å². The molecule has 0 unspecified atom stereocenters. The van der Waals surface area contributed by atoms with Crippen LogP contribution >= 0.6 is 0 Å². The minimum Gasteiger partial charge on any atom is -0.347 e. The van der Waals surface area contributed by atoms with Gasteiger partial charge in [-0.1, -0.05) is 42.5 Å². The highest BCUT2D eigenvalue weighted by molar-refractivity contribution is 5.84. The van der Waals surface area contributed by atoms with E-state index in [9.17, 15) is 4.79 Å². The van der Waals surface area contributed by atoms with Gasteiger partial charge < -0.3 is 9.88 Å². The van der Waals surface area contributed by atoms with Crippen molar-refractivity contribution in [3.05, 3.63) is 66.5 Å². The van der Waals surface area contributed by atoms with Crippen molar-refractivity contribution in [3.63, 3.8) is 0 Å². The number of fused-ring (bicyclic) bond motifs is 1. The standard InChI is InChI=1S/C20H21N3O/c1-14(23-13-21-17-9-5-6-10-18(17)23)20(24)22-19(16-11-12-16)15-7-3-2-4-8-15/h2-10,13-14,16,19H,11-12H2,1H3,(H,22,24)/t14-,19+/m1/s1. The highest BCUT2D eigenvalue weighted by Crippen LogP contribution is 2.41. The fourth-order valence-corrected chi connectivity index (χ4v) is 3.25. The SMILES string of the molecule is C[C@H](C(=O)N[C@@H](c1ccccc1)C1CC1)n1cnc2ccccc21. The molecule has 0 radical (unpaired) electrons. The summed E-state index contributed by atoms with van der Waals surface area (Å²) in [5.74, 6) is 0.599. The monoisotopic (exact) mass is 319 g/mol. The highest BCUT2D eigenvalue weighted by Gasteiger charge is 2.34. The van der Waals surface area contributed by atoms with Gasteiger partial charge in [0.2, 0.25) is 5.91 Å². The average molecular weight is 319 g/mol. The first-order valence-electron chi connectivity index (χ1n) is 8.51. The molecule has 4 heteroatoms. The van der Waals surface area contributed by atoms with Crippen molar-refractivity contribution in [1.82, 2.24) is 14.9 Å². The van der Waals surface area contributed by atoms with Gasteiger partial charge in [0.15, 0.2) is 0 Å². The number of imidazole rings is 1. The van der Waals surface area contributed by atoms with E-state index in [0.717, 1.165) is 11.0 Å². The zero-order chi connectivity index (χ0) is 16.5. The molecule has 0 spiro atoms. The van der Waals surface area contributed by atoms with Gasteiger partial charge in [0.1, 0.15) is 6.04 Å². The van der Waals surface area contributed by atoms with E-state index in [1.165, 1.54) is 18.4 Å². The minimum absolute atomic E-state index is 0.0407. The number of aromatic nitrogens is 2. The Kier molecular flexibility index (Phi) is 3.81. The molecule has 3 aromatic rings. The Morgan fingerprint density at radius 3 is 2.58 bits per heavy atom. The third kappa shape index (κ3) is 2.80. The summed E-state index contributed by atoms with van der Waals surface area (Å²) < 4.78 is 1.94. The average Bonchev–Trinajstić information content (AvgIpc) is 3.38. The second kappa shape index (κ2) is 6.11. The number of hydrogen-bond acceptors (Lipinski definition) is 2. The summed E-state index contributed by atoms with van der Waals surface area (Å²) in [6.07, 6.45) is 4.12. The van der Waals surface area contributed by atoms with Crippen LogP contribution in [0.4, 0.5) is 0 Å². The molecule has 1 heterocycles. The molecule has 1 aromatic heterocycles. The van der Waals surface area contributed by atoms with Gasteiger partial charge in [0.05, 0.1) is 23.4 Å². The highest BCUT2D eigenvalue weighted by atomic mass is 16.2. The molecular formula is C20H21N3O. The predicted molar refractivity (Wildman–Crippen MR) is 94.5 cm³/mol. The van der Waals surface area contributed by atoms with Gasteiger partial charge in [0.25, 0.3) is 0 Å². The molecule has 1 N–H and O–H groups in total. The first kappa shape index (κ1) is 14.9. The third-order valence-corrected chi connectivity index (χ3v) is 4.83. The van der Waals surface area contributed by atoms with Crippen LogP contribution in [0.15, 0.2) is 60.9 Å². The van der Waals surface area contributed by atoms with E-state index >= 15 is 0 Å². The molecule has 0 aliphatic heterocycles. The number of nitrogens with zero attached hydrogens (tertiary/aromatic N) is 2. The van der Waals surface area contributed by atoms with Crippen LogP contribution in [0.1, 0.15) is 37.4 Å². The van der Waals surface area contributed by atoms with Gasteiger partial charge in [-0.05, 0) is 43.4 Å². The van der Waals surface area contributed by atoms with Crippen molar-refractivity contribution in [3.8, 4) is 0 Å². The number of hydrogen-bond donors (Lipinski definition) is 1. The molecule has 1 saturated carbocycles. The van der Waals surface area contributed by atoms with Gasteiger partial charge in [0, 0.05) is 0 Å². The van der Waals surface area contributed by atoms with Crippen molar-refractivity contribution in [2.45, 2.75) is 31.8 Å². The van der Waals surface area contributed by atoms with Gasteiger partial charge in [-0.2, -0.15) is 0 Å². The maximum absolute atomic E-state index is 12.8. The Morgan fingerprint density at radius 2 is 1.83 bits per heavy atom. The van der Waals surface area contributed by atoms with E-state index in [1.54, 1.807) is 6.33 Å². The number of carbonyl (C=O) groups is 1. The molecule has 122 valence electrons. The largest absolute Gasteiger partial charge is 0.347 e. The fourth-order valence-electron chi connectivity index (χ4n) is 3.25. The van der Waals surface area contributed by atoms with Crippen LogP contribution in [-0.4, -0.2) is 15.5 Å². The van der Waals surface area contributed by atoms with Crippen molar-refractivity contribution >= 4 is 16.9 Å². The van der Waals surface area contributed by atoms with Crippen molar-refractivity contribution in [1.29, 1.82) is 0 Å². The lowest BCUT2D eigenvalue weighted by Crippen LogP contribution is -2.35. The number of benzene rings is 2. The first-order chi connectivity index (χ1) is 11.7. The second-order valence-corrected chi connectivity index (χ2v) is 6.55. The molecule has 0 bridgehead atoms. The van der Waals surface area contributed by atoms with E-state index in [0.29, 0.717) is 5.92 Å². The lowest BCUT2D eigenvalue weighted by molar-refractivity contribution is -0.124. The van der Waals surface area contributed by atoms with Crippen molar-refractivity contribution in [2.24, 2.45) is 5.92 Å². The minimum atomic E-state index is -0.289. The van der Waals surface area contributed by atoms with E-state index in [4.69, 9.17) is 0 Å². The Balaban J connectivity index is 1.56. The molecule has 4 rings (SSSR count). The van der Waals surface area contributed by atoms with Crippen LogP contribution in [0.3, 0.4) is 0 Å². The van der Waals surface area contributed by atoms with Gasteiger partial charge in [-0.3, -0.25) is 4.79 Å². The molecule has 2 atom stereocenters. The Morgan fingerprint density at radius 1 is 1.12 bits per heavy atom. The third-order valence-electron chi connectivity index (χ3n) is 4.83. The first-order valence-corrected chi connectivity index (χ1v) is 8.51. The Labute approximate surface area is 141 Å². The summed E-state index contributed by atoms with van der Waals surface area (Å²) in [7, 11) is 0. The fraction of sp³-hybridized carbons (Fsp3) is 0.300. The maximum atomic E-state index is 12.8. The summed E-state index contributed by atoms with van der Waals surface area (Å²) in [6, 6.07) is 18.0. The van der Waals surface area contributed by atoms with E-state index in [1.807, 2.05) is 54.0 Å². The topological polar surface area (TPSA) is 46.9 Å². The van der Waals surface area contributed by atoms with Gasteiger partial charge in [-0.15, -0.1) is 0 Å². The molecule has 1 aliphatic carbocycles. The number of nitrogens with one attached hydrogen (secondary N) is 1. The Bertz CT molecular complexity index is 851. The molecular weight excluding hydrogens is 298 g/mol. The van der Waals surface area contributed by atoms with Crippen LogP contribution in [0.2, 0.25) is 0 Å². The molecule has 24 heavy (non-hydrogen) atoms. The summed E-state index contributed by atoms with van der Waals surface area (Å²) in [5.41, 5.74) is 3.10. The normalized spacial score (nSPS) is 16.7. The molecule has 1 fully saturated rings. The van der Waals surface area contributed by atoms with Crippen LogP contribution in [-0.2, 0) is 4.79 Å². The molecule has 4 nitrogen and oxygen atoms in total. The zero-order valence-electron chi connectivity index (χ0n) is 13.7. The quantitative estimate of drug-likeness (QED) is 0.776. The second-order valence-electron chi connectivity index (χ2n) is 6.55. The number of para-hydroxylation sites is 2. The van der Waals surface area contributed by atoms with E-state index in [-0.39, 0.29) is 18.0 Å². The summed E-state index contributed by atoms with van der Waals surface area (Å²) in [4.78, 5) is 17.2.